The molecule has 306 valence electrons. The zero-order valence-corrected chi connectivity index (χ0v) is 37.1. The zero-order chi connectivity index (χ0) is 40.5. The summed E-state index contributed by atoms with van der Waals surface area (Å²) in [5, 5.41) is 4.87. The Morgan fingerprint density at radius 2 is 0.823 bits per heavy atom. The Balaban J connectivity index is 1.08. The van der Waals surface area contributed by atoms with Crippen LogP contribution in [0.15, 0.2) is 140 Å². The SMILES string of the molecule is C[Si]1(c2ccccc2)c2cccc3c2B2c4c(cc(N(c5ccccc5)c5ccccc5)cc4N(C45CC6CC(CC(C6)C4)C5)c4cccc1c42)N3C12CC3CC(CC(C3)C1)C2. The maximum Gasteiger partial charge on any atom is 0.251 e. The van der Waals surface area contributed by atoms with E-state index in [4.69, 9.17) is 0 Å². The molecule has 0 spiro atoms. The van der Waals surface area contributed by atoms with Crippen molar-refractivity contribution in [2.24, 2.45) is 35.5 Å². The fourth-order valence-corrected chi connectivity index (χ4v) is 21.9. The minimum atomic E-state index is -2.45. The van der Waals surface area contributed by atoms with E-state index in [2.05, 4.69) is 161 Å². The molecule has 8 fully saturated rings. The van der Waals surface area contributed by atoms with E-state index in [1.807, 2.05) is 0 Å². The number of nitrogens with zero attached hydrogens (tertiary/aromatic N) is 3. The van der Waals surface area contributed by atoms with Gasteiger partial charge in [0.1, 0.15) is 8.07 Å². The van der Waals surface area contributed by atoms with Crippen molar-refractivity contribution in [3.8, 4) is 0 Å². The minimum absolute atomic E-state index is 0.138. The van der Waals surface area contributed by atoms with Crippen LogP contribution in [0.25, 0.3) is 0 Å². The third-order valence-corrected chi connectivity index (χ3v) is 23.3. The molecule has 3 heterocycles. The molecule has 0 atom stereocenters. The summed E-state index contributed by atoms with van der Waals surface area (Å²) in [6.45, 7) is 2.95. The molecule has 0 aromatic heterocycles. The van der Waals surface area contributed by atoms with Crippen molar-refractivity contribution in [3.63, 3.8) is 0 Å². The quantitative estimate of drug-likeness (QED) is 0.155. The molecule has 3 nitrogen and oxygen atoms in total. The first-order chi connectivity index (χ1) is 30.5. The molecule has 6 aromatic rings. The van der Waals surface area contributed by atoms with E-state index in [1.54, 1.807) is 31.9 Å². The summed E-state index contributed by atoms with van der Waals surface area (Å²) in [7, 11) is -2.45. The smallest absolute Gasteiger partial charge is 0.251 e. The summed E-state index contributed by atoms with van der Waals surface area (Å²) in [5.74, 6) is 5.10. The standard InChI is InChI=1S/C57H56BN3Si/c1-62(46-17-9-4-10-18-46)51-21-11-19-47-54(51)58-53-49(60(47)56-31-37-23-38(32-56)25-39(24-37)33-56)29-45(59(43-13-5-2-6-14-43)44-15-7-3-8-16-44)30-50(53)61(48-20-12-22-52(62)55(48)58)57-34-40-26-41(35-57)28-42(27-40)36-57/h2-22,29-30,37-42H,23-28,31-36H2,1H3. The van der Waals surface area contributed by atoms with E-state index >= 15 is 0 Å². The molecule has 3 aliphatic heterocycles. The molecule has 6 aromatic carbocycles. The molecule has 0 amide bonds. The summed E-state index contributed by atoms with van der Waals surface area (Å²) in [5.41, 5.74) is 15.1. The molecule has 0 radical (unpaired) electrons. The summed E-state index contributed by atoms with van der Waals surface area (Å²) < 4.78 is 0. The Labute approximate surface area is 369 Å². The lowest BCUT2D eigenvalue weighted by Crippen LogP contribution is -2.84. The molecule has 11 aliphatic rings. The van der Waals surface area contributed by atoms with Crippen LogP contribution in [0.2, 0.25) is 6.55 Å². The van der Waals surface area contributed by atoms with Crippen LogP contribution in [0, 0.1) is 35.5 Å². The number of rotatable bonds is 6. The van der Waals surface area contributed by atoms with Gasteiger partial charge in [0.2, 0.25) is 0 Å². The Hall–Kier alpha value is -5.00. The highest BCUT2D eigenvalue weighted by atomic mass is 28.3. The Kier molecular flexibility index (Phi) is 7.08. The van der Waals surface area contributed by atoms with Crippen molar-refractivity contribution >= 4 is 86.5 Å². The Morgan fingerprint density at radius 3 is 1.23 bits per heavy atom. The lowest BCUT2D eigenvalue weighted by molar-refractivity contribution is 0.000365. The van der Waals surface area contributed by atoms with Crippen LogP contribution in [0.1, 0.15) is 77.0 Å². The first-order valence-corrected chi connectivity index (χ1v) is 27.0. The Morgan fingerprint density at radius 1 is 0.435 bits per heavy atom. The second-order valence-corrected chi connectivity index (χ2v) is 26.2. The predicted octanol–water partition coefficient (Wildman–Crippen LogP) is 9.93. The lowest BCUT2D eigenvalue weighted by atomic mass is 9.32. The number of benzene rings is 6. The van der Waals surface area contributed by atoms with Gasteiger partial charge in [0.15, 0.2) is 0 Å². The number of hydrogen-bond donors (Lipinski definition) is 0. The van der Waals surface area contributed by atoms with Gasteiger partial charge in [-0.15, -0.1) is 0 Å². The summed E-state index contributed by atoms with van der Waals surface area (Å²) in [6, 6.07) is 55.1. The van der Waals surface area contributed by atoms with Crippen molar-refractivity contribution in [3.05, 3.63) is 140 Å². The molecule has 62 heavy (non-hydrogen) atoms. The maximum absolute atomic E-state index is 3.10. The molecule has 8 saturated carbocycles. The molecular weight excluding hydrogens is 766 g/mol. The fraction of sp³-hybridized carbons (Fsp3) is 0.368. The van der Waals surface area contributed by atoms with E-state index in [0.717, 1.165) is 35.5 Å². The van der Waals surface area contributed by atoms with Gasteiger partial charge in [0, 0.05) is 45.2 Å². The summed E-state index contributed by atoms with van der Waals surface area (Å²) >= 11 is 0. The van der Waals surface area contributed by atoms with E-state index in [-0.39, 0.29) is 17.8 Å². The van der Waals surface area contributed by atoms with Crippen LogP contribution in [-0.4, -0.2) is 25.9 Å². The van der Waals surface area contributed by atoms with Gasteiger partial charge in [-0.1, -0.05) is 108 Å². The molecule has 8 bridgehead atoms. The minimum Gasteiger partial charge on any atom is -0.336 e. The van der Waals surface area contributed by atoms with Crippen LogP contribution < -0.4 is 46.6 Å². The average molecular weight is 822 g/mol. The van der Waals surface area contributed by atoms with Gasteiger partial charge >= 0.3 is 0 Å². The van der Waals surface area contributed by atoms with Crippen LogP contribution >= 0.6 is 0 Å². The highest BCUT2D eigenvalue weighted by Gasteiger charge is 2.62. The topological polar surface area (TPSA) is 9.72 Å². The van der Waals surface area contributed by atoms with Crippen molar-refractivity contribution in [2.45, 2.75) is 94.7 Å². The van der Waals surface area contributed by atoms with E-state index in [0.29, 0.717) is 0 Å². The monoisotopic (exact) mass is 821 g/mol. The van der Waals surface area contributed by atoms with Crippen molar-refractivity contribution < 1.29 is 0 Å². The van der Waals surface area contributed by atoms with Crippen LogP contribution in [0.5, 0.6) is 0 Å². The normalized spacial score (nSPS) is 33.2. The van der Waals surface area contributed by atoms with Gasteiger partial charge in [-0.05, 0) is 183 Å². The molecule has 0 unspecified atom stereocenters. The van der Waals surface area contributed by atoms with Gasteiger partial charge in [0.05, 0.1) is 5.69 Å². The molecule has 5 heteroatoms. The van der Waals surface area contributed by atoms with Gasteiger partial charge in [-0.25, -0.2) is 0 Å². The number of para-hydroxylation sites is 2. The molecular formula is C57H56BN3Si. The lowest BCUT2D eigenvalue weighted by Gasteiger charge is -2.65. The van der Waals surface area contributed by atoms with Crippen molar-refractivity contribution in [1.29, 1.82) is 0 Å². The summed E-state index contributed by atoms with van der Waals surface area (Å²) in [4.78, 5) is 8.78. The predicted molar refractivity (Wildman–Crippen MR) is 262 cm³/mol. The molecule has 8 aliphatic carbocycles. The van der Waals surface area contributed by atoms with E-state index in [9.17, 15) is 0 Å². The van der Waals surface area contributed by atoms with Gasteiger partial charge in [-0.2, -0.15) is 0 Å². The van der Waals surface area contributed by atoms with Crippen LogP contribution in [0.4, 0.5) is 39.8 Å². The highest BCUT2D eigenvalue weighted by Crippen LogP contribution is 2.63. The average Bonchev–Trinajstić information content (AvgIpc) is 3.28. The number of anilines is 7. The second-order valence-electron chi connectivity index (χ2n) is 22.3. The molecule has 0 saturated heterocycles. The maximum atomic E-state index is 3.10. The second kappa shape index (κ2) is 12.4. The van der Waals surface area contributed by atoms with Crippen molar-refractivity contribution in [2.75, 3.05) is 14.7 Å². The Bertz CT molecular complexity index is 2590. The highest BCUT2D eigenvalue weighted by molar-refractivity contribution is 7.21. The largest absolute Gasteiger partial charge is 0.336 e. The molecule has 0 N–H and O–H groups in total. The third-order valence-electron chi connectivity index (χ3n) is 18.8. The first-order valence-electron chi connectivity index (χ1n) is 24.5. The van der Waals surface area contributed by atoms with Gasteiger partial charge < -0.3 is 14.7 Å². The van der Waals surface area contributed by atoms with Gasteiger partial charge in [-0.3, -0.25) is 0 Å². The number of hydrogen-bond acceptors (Lipinski definition) is 3. The van der Waals surface area contributed by atoms with Crippen LogP contribution in [0.3, 0.4) is 0 Å². The zero-order valence-electron chi connectivity index (χ0n) is 36.1. The summed E-state index contributed by atoms with van der Waals surface area (Å²) in [6.07, 6.45) is 16.7. The van der Waals surface area contributed by atoms with Crippen LogP contribution in [-0.2, 0) is 0 Å². The van der Waals surface area contributed by atoms with E-state index in [1.165, 1.54) is 117 Å². The fourth-order valence-electron chi connectivity index (χ4n) is 17.6. The van der Waals surface area contributed by atoms with Gasteiger partial charge in [0.25, 0.3) is 6.71 Å². The third kappa shape index (κ3) is 4.59. The van der Waals surface area contributed by atoms with E-state index < -0.39 is 8.07 Å². The molecule has 17 rings (SSSR count). The first kappa shape index (κ1) is 35.5. The van der Waals surface area contributed by atoms with Crippen molar-refractivity contribution in [1.82, 2.24) is 0 Å².